The smallest absolute Gasteiger partial charge is 0.0697 e. The highest BCUT2D eigenvalue weighted by molar-refractivity contribution is 9.10. The van der Waals surface area contributed by atoms with E-state index in [4.69, 9.17) is 10.5 Å². The van der Waals surface area contributed by atoms with E-state index in [0.29, 0.717) is 6.61 Å². The molecular formula is C14H22BrN3O. The molecule has 0 aromatic carbocycles. The second kappa shape index (κ2) is 7.22. The molecule has 0 amide bonds. The predicted molar refractivity (Wildman–Crippen MR) is 79.9 cm³/mol. The van der Waals surface area contributed by atoms with Gasteiger partial charge in [0.1, 0.15) is 0 Å². The van der Waals surface area contributed by atoms with E-state index in [-0.39, 0.29) is 6.04 Å². The van der Waals surface area contributed by atoms with E-state index in [2.05, 4.69) is 27.1 Å². The van der Waals surface area contributed by atoms with Crippen LogP contribution in [0.4, 0.5) is 0 Å². The number of methoxy groups -OCH3 is 1. The van der Waals surface area contributed by atoms with Gasteiger partial charge in [0.2, 0.25) is 0 Å². The number of ether oxygens (including phenoxy) is 1. The van der Waals surface area contributed by atoms with Crippen molar-refractivity contribution in [3.63, 3.8) is 0 Å². The Balaban J connectivity index is 2.06. The van der Waals surface area contributed by atoms with E-state index in [9.17, 15) is 0 Å². The molecule has 4 nitrogen and oxygen atoms in total. The number of hydrogen-bond acceptors (Lipinski definition) is 3. The van der Waals surface area contributed by atoms with Crippen molar-refractivity contribution in [3.8, 4) is 0 Å². The topological polar surface area (TPSA) is 53.1 Å². The molecule has 1 aromatic heterocycles. The molecule has 1 aromatic rings. The second-order valence-corrected chi connectivity index (χ2v) is 5.87. The first-order valence-corrected chi connectivity index (χ1v) is 7.65. The Morgan fingerprint density at radius 1 is 1.53 bits per heavy atom. The molecule has 0 fully saturated rings. The lowest BCUT2D eigenvalue weighted by atomic mass is 9.93. The van der Waals surface area contributed by atoms with Gasteiger partial charge in [-0.25, -0.2) is 0 Å². The maximum Gasteiger partial charge on any atom is 0.0697 e. The van der Waals surface area contributed by atoms with Gasteiger partial charge in [-0.05, 0) is 48.0 Å². The molecule has 0 spiro atoms. The number of aromatic nitrogens is 2. The third-order valence-corrected chi connectivity index (χ3v) is 4.17. The van der Waals surface area contributed by atoms with Crippen LogP contribution in [-0.2, 0) is 11.3 Å². The van der Waals surface area contributed by atoms with E-state index in [1.54, 1.807) is 7.11 Å². The molecule has 1 atom stereocenters. The quantitative estimate of drug-likeness (QED) is 0.816. The molecule has 0 radical (unpaired) electrons. The lowest BCUT2D eigenvalue weighted by Gasteiger charge is -2.19. The zero-order chi connectivity index (χ0) is 13.7. The van der Waals surface area contributed by atoms with Gasteiger partial charge >= 0.3 is 0 Å². The van der Waals surface area contributed by atoms with Gasteiger partial charge in [-0.15, -0.1) is 0 Å². The Bertz CT molecular complexity index is 442. The number of halogens is 1. The molecule has 1 unspecified atom stereocenters. The van der Waals surface area contributed by atoms with E-state index >= 15 is 0 Å². The van der Waals surface area contributed by atoms with Crippen molar-refractivity contribution in [3.05, 3.63) is 28.0 Å². The van der Waals surface area contributed by atoms with Gasteiger partial charge in [-0.2, -0.15) is 5.10 Å². The van der Waals surface area contributed by atoms with Gasteiger partial charge in [-0.1, -0.05) is 11.6 Å². The summed E-state index contributed by atoms with van der Waals surface area (Å²) in [5.74, 6) is 0. The fraction of sp³-hybridized carbons (Fsp3) is 0.643. The number of nitrogens with zero attached hydrogens (tertiary/aromatic N) is 2. The number of rotatable bonds is 6. The minimum Gasteiger partial charge on any atom is -0.383 e. The minimum atomic E-state index is -0.00178. The molecule has 2 rings (SSSR count). The van der Waals surface area contributed by atoms with Crippen molar-refractivity contribution >= 4 is 15.9 Å². The summed E-state index contributed by atoms with van der Waals surface area (Å²) in [7, 11) is 1.70. The Kier molecular flexibility index (Phi) is 5.60. The van der Waals surface area contributed by atoms with E-state index in [1.165, 1.54) is 31.3 Å². The molecule has 0 saturated heterocycles. The van der Waals surface area contributed by atoms with Crippen LogP contribution in [0.1, 0.15) is 43.8 Å². The molecule has 0 saturated carbocycles. The summed E-state index contributed by atoms with van der Waals surface area (Å²) >= 11 is 3.55. The van der Waals surface area contributed by atoms with Crippen molar-refractivity contribution in [1.29, 1.82) is 0 Å². The fourth-order valence-electron chi connectivity index (χ4n) is 2.57. The van der Waals surface area contributed by atoms with Gasteiger partial charge in [0.25, 0.3) is 0 Å². The summed E-state index contributed by atoms with van der Waals surface area (Å²) in [6.07, 6.45) is 10.1. The third-order valence-electron chi connectivity index (χ3n) is 3.56. The van der Waals surface area contributed by atoms with Crippen LogP contribution in [0.5, 0.6) is 0 Å². The Hall–Kier alpha value is -0.650. The first-order valence-electron chi connectivity index (χ1n) is 6.86. The maximum atomic E-state index is 6.37. The van der Waals surface area contributed by atoms with Crippen molar-refractivity contribution in [2.75, 3.05) is 13.7 Å². The summed E-state index contributed by atoms with van der Waals surface area (Å²) in [6.45, 7) is 1.39. The van der Waals surface area contributed by atoms with Crippen LogP contribution in [0.15, 0.2) is 22.3 Å². The van der Waals surface area contributed by atoms with Gasteiger partial charge < -0.3 is 10.5 Å². The SMILES string of the molecule is COCCn1ncc(Br)c1C(N)CC1=CCCCC1. The minimum absolute atomic E-state index is 0.00178. The summed E-state index contributed by atoms with van der Waals surface area (Å²) < 4.78 is 8.05. The molecule has 0 aliphatic heterocycles. The first kappa shape index (κ1) is 14.8. The number of nitrogens with two attached hydrogens (primary N) is 1. The van der Waals surface area contributed by atoms with Crippen molar-refractivity contribution in [2.24, 2.45) is 5.73 Å². The average molecular weight is 328 g/mol. The molecule has 2 N–H and O–H groups in total. The Labute approximate surface area is 123 Å². The summed E-state index contributed by atoms with van der Waals surface area (Å²) in [6, 6.07) is -0.00178. The Morgan fingerprint density at radius 2 is 2.37 bits per heavy atom. The summed E-state index contributed by atoms with van der Waals surface area (Å²) in [5, 5.41) is 4.36. The zero-order valence-electron chi connectivity index (χ0n) is 11.4. The highest BCUT2D eigenvalue weighted by atomic mass is 79.9. The highest BCUT2D eigenvalue weighted by Crippen LogP contribution is 2.29. The monoisotopic (exact) mass is 327 g/mol. The lowest BCUT2D eigenvalue weighted by Crippen LogP contribution is -2.19. The molecule has 5 heteroatoms. The zero-order valence-corrected chi connectivity index (χ0v) is 13.0. The Morgan fingerprint density at radius 3 is 3.05 bits per heavy atom. The van der Waals surface area contributed by atoms with Crippen LogP contribution in [0.25, 0.3) is 0 Å². The molecule has 1 aliphatic carbocycles. The fourth-order valence-corrected chi connectivity index (χ4v) is 3.16. The molecule has 0 bridgehead atoms. The van der Waals surface area contributed by atoms with E-state index in [0.717, 1.165) is 23.1 Å². The van der Waals surface area contributed by atoms with E-state index in [1.807, 2.05) is 10.9 Å². The third kappa shape index (κ3) is 3.91. The van der Waals surface area contributed by atoms with Crippen LogP contribution < -0.4 is 5.73 Å². The normalized spacial score (nSPS) is 17.3. The maximum absolute atomic E-state index is 6.37. The average Bonchev–Trinajstić information content (AvgIpc) is 2.78. The van der Waals surface area contributed by atoms with E-state index < -0.39 is 0 Å². The van der Waals surface area contributed by atoms with Crippen molar-refractivity contribution in [1.82, 2.24) is 9.78 Å². The van der Waals surface area contributed by atoms with Crippen molar-refractivity contribution < 1.29 is 4.74 Å². The van der Waals surface area contributed by atoms with Crippen LogP contribution in [0.3, 0.4) is 0 Å². The van der Waals surface area contributed by atoms with Gasteiger partial charge in [0, 0.05) is 7.11 Å². The predicted octanol–water partition coefficient (Wildman–Crippen LogP) is 3.18. The molecule has 1 aliphatic rings. The van der Waals surface area contributed by atoms with Crippen LogP contribution in [0, 0.1) is 0 Å². The molecule has 19 heavy (non-hydrogen) atoms. The first-order chi connectivity index (χ1) is 9.22. The van der Waals surface area contributed by atoms with Crippen LogP contribution in [0.2, 0.25) is 0 Å². The molecule has 1 heterocycles. The number of allylic oxidation sites excluding steroid dienone is 1. The highest BCUT2D eigenvalue weighted by Gasteiger charge is 2.18. The van der Waals surface area contributed by atoms with Gasteiger partial charge in [0.05, 0.1) is 35.6 Å². The number of hydrogen-bond donors (Lipinski definition) is 1. The summed E-state index contributed by atoms with van der Waals surface area (Å²) in [4.78, 5) is 0. The van der Waals surface area contributed by atoms with Crippen LogP contribution >= 0.6 is 15.9 Å². The van der Waals surface area contributed by atoms with Gasteiger partial charge in [0.15, 0.2) is 0 Å². The second-order valence-electron chi connectivity index (χ2n) is 5.01. The summed E-state index contributed by atoms with van der Waals surface area (Å²) in [5.41, 5.74) is 8.93. The molecule has 106 valence electrons. The van der Waals surface area contributed by atoms with Gasteiger partial charge in [-0.3, -0.25) is 4.68 Å². The lowest BCUT2D eigenvalue weighted by molar-refractivity contribution is 0.182. The standard InChI is InChI=1S/C14H22BrN3O/c1-19-8-7-18-14(12(15)10-17-18)13(16)9-11-5-3-2-4-6-11/h5,10,13H,2-4,6-9,16H2,1H3. The molecular weight excluding hydrogens is 306 g/mol. The van der Waals surface area contributed by atoms with Crippen LogP contribution in [-0.4, -0.2) is 23.5 Å². The largest absolute Gasteiger partial charge is 0.383 e. The van der Waals surface area contributed by atoms with Crippen molar-refractivity contribution in [2.45, 2.75) is 44.7 Å².